The van der Waals surface area contributed by atoms with E-state index < -0.39 is 6.10 Å². The highest BCUT2D eigenvalue weighted by Gasteiger charge is 2.21. The molecule has 0 bridgehead atoms. The maximum atomic E-state index is 10.2. The summed E-state index contributed by atoms with van der Waals surface area (Å²) in [5, 5.41) is 13.1. The van der Waals surface area contributed by atoms with Crippen LogP contribution in [0.3, 0.4) is 0 Å². The maximum absolute atomic E-state index is 10.2. The lowest BCUT2D eigenvalue weighted by molar-refractivity contribution is 0.219. The summed E-state index contributed by atoms with van der Waals surface area (Å²) in [4.78, 5) is 5.33. The third-order valence-electron chi connectivity index (χ3n) is 2.31. The summed E-state index contributed by atoms with van der Waals surface area (Å²) in [6, 6.07) is 3.63. The van der Waals surface area contributed by atoms with E-state index in [1.165, 1.54) is 11.3 Å². The standard InChI is InChI=1S/C12H14ClNOS2/c1-12(2,3)11-14-7(6-16-11)10(15)8-4-5-9(13)17-8/h4-6,10,15H,1-3H3. The van der Waals surface area contributed by atoms with Crippen molar-refractivity contribution >= 4 is 34.3 Å². The van der Waals surface area contributed by atoms with Crippen LogP contribution in [0.15, 0.2) is 17.5 Å². The van der Waals surface area contributed by atoms with Gasteiger partial charge < -0.3 is 5.11 Å². The molecule has 2 aromatic rings. The SMILES string of the molecule is CC(C)(C)c1nc(C(O)c2ccc(Cl)s2)cs1. The van der Waals surface area contributed by atoms with E-state index in [-0.39, 0.29) is 5.41 Å². The highest BCUT2D eigenvalue weighted by molar-refractivity contribution is 7.16. The first-order valence-electron chi connectivity index (χ1n) is 5.27. The Morgan fingerprint density at radius 1 is 1.35 bits per heavy atom. The molecule has 1 N–H and O–H groups in total. The van der Waals surface area contributed by atoms with E-state index >= 15 is 0 Å². The van der Waals surface area contributed by atoms with Gasteiger partial charge >= 0.3 is 0 Å². The molecule has 5 heteroatoms. The molecule has 92 valence electrons. The number of nitrogens with zero attached hydrogens (tertiary/aromatic N) is 1. The smallest absolute Gasteiger partial charge is 0.131 e. The van der Waals surface area contributed by atoms with Gasteiger partial charge in [0.25, 0.3) is 0 Å². The number of rotatable bonds is 2. The molecule has 0 saturated carbocycles. The van der Waals surface area contributed by atoms with Gasteiger partial charge in [-0.1, -0.05) is 32.4 Å². The van der Waals surface area contributed by atoms with Crippen molar-refractivity contribution in [1.82, 2.24) is 4.98 Å². The molecule has 2 nitrogen and oxygen atoms in total. The van der Waals surface area contributed by atoms with Crippen molar-refractivity contribution in [2.45, 2.75) is 32.3 Å². The van der Waals surface area contributed by atoms with Gasteiger partial charge in [-0.25, -0.2) is 4.98 Å². The van der Waals surface area contributed by atoms with Gasteiger partial charge in [-0.2, -0.15) is 0 Å². The van der Waals surface area contributed by atoms with E-state index in [0.717, 1.165) is 9.88 Å². The molecule has 2 aromatic heterocycles. The molecule has 0 spiro atoms. The van der Waals surface area contributed by atoms with Crippen LogP contribution in [-0.4, -0.2) is 10.1 Å². The largest absolute Gasteiger partial charge is 0.381 e. The molecule has 2 rings (SSSR count). The number of thiazole rings is 1. The van der Waals surface area contributed by atoms with Crippen LogP contribution in [0.5, 0.6) is 0 Å². The number of aromatic nitrogens is 1. The molecule has 0 radical (unpaired) electrons. The van der Waals surface area contributed by atoms with Gasteiger partial charge in [0.2, 0.25) is 0 Å². The molecule has 2 heterocycles. The summed E-state index contributed by atoms with van der Waals surface area (Å²) in [5.41, 5.74) is 0.730. The van der Waals surface area contributed by atoms with Gasteiger partial charge in [0.1, 0.15) is 6.10 Å². The zero-order chi connectivity index (χ0) is 12.6. The van der Waals surface area contributed by atoms with Crippen LogP contribution in [0.4, 0.5) is 0 Å². The molecule has 17 heavy (non-hydrogen) atoms. The molecule has 1 unspecified atom stereocenters. The summed E-state index contributed by atoms with van der Waals surface area (Å²) in [5.74, 6) is 0. The van der Waals surface area contributed by atoms with Gasteiger partial charge in [-0.15, -0.1) is 22.7 Å². The van der Waals surface area contributed by atoms with Crippen molar-refractivity contribution in [2.24, 2.45) is 0 Å². The van der Waals surface area contributed by atoms with E-state index in [1.54, 1.807) is 17.4 Å². The molecular weight excluding hydrogens is 274 g/mol. The lowest BCUT2D eigenvalue weighted by Gasteiger charge is -2.14. The van der Waals surface area contributed by atoms with E-state index in [4.69, 9.17) is 11.6 Å². The maximum Gasteiger partial charge on any atom is 0.131 e. The topological polar surface area (TPSA) is 33.1 Å². The van der Waals surface area contributed by atoms with Crippen molar-refractivity contribution < 1.29 is 5.11 Å². The van der Waals surface area contributed by atoms with Crippen LogP contribution in [0.1, 0.15) is 42.5 Å². The summed E-state index contributed by atoms with van der Waals surface area (Å²) < 4.78 is 0.685. The summed E-state index contributed by atoms with van der Waals surface area (Å²) in [7, 11) is 0. The lowest BCUT2D eigenvalue weighted by atomic mass is 9.98. The Hall–Kier alpha value is -0.420. The fourth-order valence-electron chi connectivity index (χ4n) is 1.38. The third-order valence-corrected chi connectivity index (χ3v) is 4.88. The van der Waals surface area contributed by atoms with E-state index in [9.17, 15) is 5.11 Å². The van der Waals surface area contributed by atoms with Gasteiger partial charge in [0, 0.05) is 15.7 Å². The average Bonchev–Trinajstić information content (AvgIpc) is 2.83. The van der Waals surface area contributed by atoms with Crippen molar-refractivity contribution in [2.75, 3.05) is 0 Å². The Bertz CT molecular complexity index is 513. The number of thiophene rings is 1. The van der Waals surface area contributed by atoms with Crippen molar-refractivity contribution in [3.8, 4) is 0 Å². The highest BCUT2D eigenvalue weighted by Crippen LogP contribution is 2.33. The number of halogens is 1. The Balaban J connectivity index is 2.26. The molecule has 0 aliphatic rings. The van der Waals surface area contributed by atoms with Gasteiger partial charge in [-0.3, -0.25) is 0 Å². The quantitative estimate of drug-likeness (QED) is 0.896. The second-order valence-electron chi connectivity index (χ2n) is 4.87. The summed E-state index contributed by atoms with van der Waals surface area (Å²) in [6.45, 7) is 6.35. The molecule has 1 atom stereocenters. The second-order valence-corrected chi connectivity index (χ2v) is 7.48. The fraction of sp³-hybridized carbons (Fsp3) is 0.417. The molecule has 0 fully saturated rings. The summed E-state index contributed by atoms with van der Waals surface area (Å²) in [6.07, 6.45) is -0.667. The highest BCUT2D eigenvalue weighted by atomic mass is 35.5. The predicted octanol–water partition coefficient (Wildman–Crippen LogP) is 4.24. The monoisotopic (exact) mass is 287 g/mol. The van der Waals surface area contributed by atoms with Crippen LogP contribution >= 0.6 is 34.3 Å². The number of hydrogen-bond donors (Lipinski definition) is 1. The van der Waals surface area contributed by atoms with Crippen molar-refractivity contribution in [3.63, 3.8) is 0 Å². The molecule has 0 amide bonds. The minimum Gasteiger partial charge on any atom is -0.381 e. The molecule has 0 aliphatic heterocycles. The van der Waals surface area contributed by atoms with Gasteiger partial charge in [-0.05, 0) is 12.1 Å². The van der Waals surface area contributed by atoms with E-state index in [1.807, 2.05) is 11.4 Å². The predicted molar refractivity (Wildman–Crippen MR) is 74.2 cm³/mol. The minimum atomic E-state index is -0.667. The first-order valence-corrected chi connectivity index (χ1v) is 7.34. The molecule has 0 aromatic carbocycles. The second kappa shape index (κ2) is 4.69. The zero-order valence-electron chi connectivity index (χ0n) is 9.90. The number of aliphatic hydroxyl groups is 1. The number of aliphatic hydroxyl groups excluding tert-OH is 1. The van der Waals surface area contributed by atoms with Crippen LogP contribution in [0.25, 0.3) is 0 Å². The van der Waals surface area contributed by atoms with Crippen LogP contribution in [0, 0.1) is 0 Å². The average molecular weight is 288 g/mol. The molecule has 0 aliphatic carbocycles. The molecule has 0 saturated heterocycles. The van der Waals surface area contributed by atoms with Gasteiger partial charge in [0.15, 0.2) is 0 Å². The minimum absolute atomic E-state index is 0.0235. The van der Waals surface area contributed by atoms with Crippen LogP contribution in [0.2, 0.25) is 4.34 Å². The lowest BCUT2D eigenvalue weighted by Crippen LogP contribution is -2.11. The Kier molecular flexibility index (Phi) is 3.59. The van der Waals surface area contributed by atoms with Crippen LogP contribution in [-0.2, 0) is 5.41 Å². The number of hydrogen-bond acceptors (Lipinski definition) is 4. The van der Waals surface area contributed by atoms with E-state index in [0.29, 0.717) is 10.0 Å². The van der Waals surface area contributed by atoms with Crippen molar-refractivity contribution in [3.05, 3.63) is 37.4 Å². The summed E-state index contributed by atoms with van der Waals surface area (Å²) >= 11 is 8.83. The molecular formula is C12H14ClNOS2. The van der Waals surface area contributed by atoms with Gasteiger partial charge in [0.05, 0.1) is 15.0 Å². The third kappa shape index (κ3) is 2.88. The first-order chi connectivity index (χ1) is 7.88. The normalized spacial score (nSPS) is 13.9. The first kappa shape index (κ1) is 13.0. The van der Waals surface area contributed by atoms with Crippen LogP contribution < -0.4 is 0 Å². The fourth-order valence-corrected chi connectivity index (χ4v) is 3.36. The van der Waals surface area contributed by atoms with Crippen molar-refractivity contribution in [1.29, 1.82) is 0 Å². The Labute approximate surface area is 114 Å². The zero-order valence-corrected chi connectivity index (χ0v) is 12.3. The van der Waals surface area contributed by atoms with E-state index in [2.05, 4.69) is 25.8 Å². The Morgan fingerprint density at radius 3 is 2.53 bits per heavy atom. The Morgan fingerprint density at radius 2 is 2.06 bits per heavy atom.